The first kappa shape index (κ1) is 15.5. The number of carbonyl (C=O) groups excluding carboxylic acids is 2. The lowest BCUT2D eigenvalue weighted by atomic mass is 9.69. The molecule has 1 saturated heterocycles. The third-order valence-corrected chi connectivity index (χ3v) is 4.89. The van der Waals surface area contributed by atoms with Crippen molar-refractivity contribution >= 4 is 23.5 Å². The zero-order valence-electron chi connectivity index (χ0n) is 12.9. The lowest BCUT2D eigenvalue weighted by Gasteiger charge is -2.37. The molecule has 1 aromatic carbocycles. The van der Waals surface area contributed by atoms with Crippen LogP contribution in [0.25, 0.3) is 0 Å². The number of rotatable bonds is 3. The van der Waals surface area contributed by atoms with Gasteiger partial charge in [-0.3, -0.25) is 14.4 Å². The second-order valence-electron chi connectivity index (χ2n) is 6.18. The Morgan fingerprint density at radius 2 is 1.83 bits per heavy atom. The van der Waals surface area contributed by atoms with Crippen LogP contribution < -0.4 is 10.2 Å². The monoisotopic (exact) mass is 316 g/mol. The van der Waals surface area contributed by atoms with Gasteiger partial charge in [0.2, 0.25) is 0 Å². The average Bonchev–Trinajstić information content (AvgIpc) is 2.58. The van der Waals surface area contributed by atoms with Crippen LogP contribution in [-0.4, -0.2) is 36.0 Å². The molecule has 3 rings (SSSR count). The van der Waals surface area contributed by atoms with E-state index in [0.717, 1.165) is 19.3 Å². The summed E-state index contributed by atoms with van der Waals surface area (Å²) >= 11 is 0. The molecule has 6 nitrogen and oxygen atoms in total. The van der Waals surface area contributed by atoms with Crippen LogP contribution in [0, 0.1) is 0 Å². The Bertz CT molecular complexity index is 650. The maximum absolute atomic E-state index is 12.2. The second-order valence-corrected chi connectivity index (χ2v) is 6.18. The fourth-order valence-corrected chi connectivity index (χ4v) is 3.68. The van der Waals surface area contributed by atoms with Crippen LogP contribution in [0.4, 0.5) is 5.69 Å². The number of carboxylic acid groups (broad SMARTS) is 1. The van der Waals surface area contributed by atoms with Crippen molar-refractivity contribution in [3.05, 3.63) is 29.8 Å². The van der Waals surface area contributed by atoms with Crippen molar-refractivity contribution in [2.75, 3.05) is 18.0 Å². The quantitative estimate of drug-likeness (QED) is 0.826. The number of benzene rings is 1. The molecule has 6 heteroatoms. The predicted octanol–water partition coefficient (Wildman–Crippen LogP) is 1.44. The van der Waals surface area contributed by atoms with Crippen molar-refractivity contribution in [2.45, 2.75) is 37.5 Å². The number of nitrogens with one attached hydrogen (secondary N) is 1. The van der Waals surface area contributed by atoms with Crippen LogP contribution >= 0.6 is 0 Å². The van der Waals surface area contributed by atoms with Gasteiger partial charge in [0.15, 0.2) is 0 Å². The van der Waals surface area contributed by atoms with Crippen LogP contribution in [0.2, 0.25) is 0 Å². The molecule has 0 unspecified atom stereocenters. The number of carboxylic acids is 1. The van der Waals surface area contributed by atoms with E-state index < -0.39 is 23.2 Å². The molecule has 1 aliphatic carbocycles. The van der Waals surface area contributed by atoms with E-state index in [1.807, 2.05) is 0 Å². The lowest BCUT2D eigenvalue weighted by molar-refractivity contribution is -0.145. The summed E-state index contributed by atoms with van der Waals surface area (Å²) in [6.07, 6.45) is 3.87. The summed E-state index contributed by atoms with van der Waals surface area (Å²) in [5, 5.41) is 12.4. The van der Waals surface area contributed by atoms with Gasteiger partial charge in [-0.25, -0.2) is 0 Å². The molecule has 0 radical (unpaired) electrons. The molecule has 0 atom stereocenters. The third-order valence-electron chi connectivity index (χ3n) is 4.89. The highest BCUT2D eigenvalue weighted by atomic mass is 16.4. The molecule has 1 heterocycles. The van der Waals surface area contributed by atoms with E-state index in [1.165, 1.54) is 4.90 Å². The molecular formula is C17H20N2O4. The fourth-order valence-electron chi connectivity index (χ4n) is 3.68. The van der Waals surface area contributed by atoms with Crippen LogP contribution in [0.15, 0.2) is 24.3 Å². The van der Waals surface area contributed by atoms with Gasteiger partial charge in [0.05, 0.1) is 5.41 Å². The average molecular weight is 316 g/mol. The Hall–Kier alpha value is -2.37. The molecule has 23 heavy (non-hydrogen) atoms. The number of amides is 2. The number of piperazine rings is 1. The molecule has 1 saturated carbocycles. The van der Waals surface area contributed by atoms with Crippen LogP contribution in [0.5, 0.6) is 0 Å². The minimum Gasteiger partial charge on any atom is -0.481 e. The molecule has 2 amide bonds. The van der Waals surface area contributed by atoms with Crippen molar-refractivity contribution in [1.82, 2.24) is 5.32 Å². The van der Waals surface area contributed by atoms with Gasteiger partial charge in [0.25, 0.3) is 0 Å². The number of nitrogens with zero attached hydrogens (tertiary/aromatic N) is 1. The van der Waals surface area contributed by atoms with Gasteiger partial charge in [-0.15, -0.1) is 0 Å². The van der Waals surface area contributed by atoms with E-state index in [9.17, 15) is 19.5 Å². The van der Waals surface area contributed by atoms with Gasteiger partial charge in [0, 0.05) is 18.8 Å². The SMILES string of the molecule is O=C1NCCN(c2ccccc2C2(C(=O)O)CCCCC2)C1=O. The van der Waals surface area contributed by atoms with E-state index in [1.54, 1.807) is 24.3 Å². The smallest absolute Gasteiger partial charge is 0.316 e. The van der Waals surface area contributed by atoms with Crippen molar-refractivity contribution in [3.63, 3.8) is 0 Å². The Balaban J connectivity index is 2.08. The number of hydrogen-bond acceptors (Lipinski definition) is 3. The number of anilines is 1. The summed E-state index contributed by atoms with van der Waals surface area (Å²) in [6.45, 7) is 0.732. The Morgan fingerprint density at radius 1 is 1.13 bits per heavy atom. The van der Waals surface area contributed by atoms with E-state index in [2.05, 4.69) is 5.32 Å². The second kappa shape index (κ2) is 6.02. The van der Waals surface area contributed by atoms with E-state index in [0.29, 0.717) is 37.2 Å². The van der Waals surface area contributed by atoms with Crippen LogP contribution in [0.3, 0.4) is 0 Å². The normalized spacial score (nSPS) is 21.0. The maximum Gasteiger partial charge on any atom is 0.316 e. The molecular weight excluding hydrogens is 296 g/mol. The number of para-hydroxylation sites is 1. The van der Waals surface area contributed by atoms with E-state index >= 15 is 0 Å². The summed E-state index contributed by atoms with van der Waals surface area (Å²) in [4.78, 5) is 37.3. The van der Waals surface area contributed by atoms with E-state index in [-0.39, 0.29) is 0 Å². The highest BCUT2D eigenvalue weighted by molar-refractivity contribution is 6.41. The molecule has 0 aromatic heterocycles. The van der Waals surface area contributed by atoms with Gasteiger partial charge in [-0.05, 0) is 24.5 Å². The Labute approximate surface area is 134 Å². The van der Waals surface area contributed by atoms with E-state index in [4.69, 9.17) is 0 Å². The summed E-state index contributed by atoms with van der Waals surface area (Å²) in [7, 11) is 0. The molecule has 1 aliphatic heterocycles. The molecule has 2 fully saturated rings. The third kappa shape index (κ3) is 2.58. The van der Waals surface area contributed by atoms with Gasteiger partial charge >= 0.3 is 17.8 Å². The van der Waals surface area contributed by atoms with Gasteiger partial charge in [0.1, 0.15) is 0 Å². The molecule has 1 aromatic rings. The summed E-state index contributed by atoms with van der Waals surface area (Å²) in [6, 6.07) is 7.10. The standard InChI is InChI=1S/C17H20N2O4/c20-14-15(21)19(11-10-18-14)13-7-3-2-6-12(13)17(16(22)23)8-4-1-5-9-17/h2-3,6-7H,1,4-5,8-11H2,(H,18,20)(H,22,23). The minimum atomic E-state index is -0.969. The largest absolute Gasteiger partial charge is 0.481 e. The first-order valence-corrected chi connectivity index (χ1v) is 7.99. The van der Waals surface area contributed by atoms with Crippen LogP contribution in [-0.2, 0) is 19.8 Å². The minimum absolute atomic E-state index is 0.358. The lowest BCUT2D eigenvalue weighted by Crippen LogP contribution is -2.53. The maximum atomic E-state index is 12.2. The van der Waals surface area contributed by atoms with Crippen molar-refractivity contribution in [2.24, 2.45) is 0 Å². The van der Waals surface area contributed by atoms with Gasteiger partial charge in [-0.1, -0.05) is 37.5 Å². The Kier molecular flexibility index (Phi) is 4.07. The zero-order chi connectivity index (χ0) is 16.4. The predicted molar refractivity (Wildman–Crippen MR) is 84.2 cm³/mol. The summed E-state index contributed by atoms with van der Waals surface area (Å²) < 4.78 is 0. The van der Waals surface area contributed by atoms with Crippen molar-refractivity contribution in [3.8, 4) is 0 Å². The van der Waals surface area contributed by atoms with Crippen molar-refractivity contribution in [1.29, 1.82) is 0 Å². The van der Waals surface area contributed by atoms with Crippen LogP contribution in [0.1, 0.15) is 37.7 Å². The summed E-state index contributed by atoms with van der Waals surface area (Å²) in [5.74, 6) is -2.11. The number of hydrogen-bond donors (Lipinski definition) is 2. The highest BCUT2D eigenvalue weighted by Crippen LogP contribution is 2.43. The molecule has 122 valence electrons. The molecule has 2 N–H and O–H groups in total. The number of aliphatic carboxylic acids is 1. The van der Waals surface area contributed by atoms with Crippen molar-refractivity contribution < 1.29 is 19.5 Å². The van der Waals surface area contributed by atoms with Gasteiger partial charge in [-0.2, -0.15) is 0 Å². The topological polar surface area (TPSA) is 86.7 Å². The van der Waals surface area contributed by atoms with Gasteiger partial charge < -0.3 is 15.3 Å². The first-order valence-electron chi connectivity index (χ1n) is 7.99. The zero-order valence-corrected chi connectivity index (χ0v) is 12.9. The highest BCUT2D eigenvalue weighted by Gasteiger charge is 2.44. The molecule has 0 bridgehead atoms. The summed E-state index contributed by atoms with van der Waals surface area (Å²) in [5.41, 5.74) is 0.232. The first-order chi connectivity index (χ1) is 11.1. The number of carbonyl (C=O) groups is 3. The molecule has 2 aliphatic rings. The Morgan fingerprint density at radius 3 is 2.52 bits per heavy atom. The fraction of sp³-hybridized carbons (Fsp3) is 0.471. The molecule has 0 spiro atoms.